The molecule has 4 atom stereocenters. The van der Waals surface area contributed by atoms with Crippen LogP contribution in [0.5, 0.6) is 0 Å². The molecule has 4 rings (SSSR count). The van der Waals surface area contributed by atoms with E-state index < -0.39 is 45.8 Å². The van der Waals surface area contributed by atoms with Crippen LogP contribution in [0.2, 0.25) is 0 Å². The molecular formula is C18H21F2N5O4S. The third-order valence-corrected chi connectivity index (χ3v) is 6.49. The molecule has 0 unspecified atom stereocenters. The summed E-state index contributed by atoms with van der Waals surface area (Å²) < 4.78 is 58.3. The largest absolute Gasteiger partial charge is 0.370 e. The van der Waals surface area contributed by atoms with E-state index in [2.05, 4.69) is 5.10 Å². The zero-order valence-electron chi connectivity index (χ0n) is 16.0. The summed E-state index contributed by atoms with van der Waals surface area (Å²) in [5.41, 5.74) is 12.6. The van der Waals surface area contributed by atoms with E-state index in [1.54, 1.807) is 4.90 Å². The maximum absolute atomic E-state index is 14.1. The van der Waals surface area contributed by atoms with Gasteiger partial charge in [0.25, 0.3) is 10.0 Å². The first-order valence-electron chi connectivity index (χ1n) is 9.22. The first-order valence-corrected chi connectivity index (χ1v) is 11.1. The average Bonchev–Trinajstić information content (AvgIpc) is 3.22. The molecule has 0 radical (unpaired) electrons. The Morgan fingerprint density at radius 3 is 2.67 bits per heavy atom. The highest BCUT2D eigenvalue weighted by Crippen LogP contribution is 2.39. The number of carbonyl (C=O) groups excluding carboxylic acids is 1. The van der Waals surface area contributed by atoms with Crippen molar-refractivity contribution in [3.05, 3.63) is 52.9 Å². The van der Waals surface area contributed by atoms with E-state index in [0.717, 1.165) is 28.5 Å². The van der Waals surface area contributed by atoms with Crippen LogP contribution in [0.15, 0.2) is 24.4 Å². The number of amides is 1. The number of nitrogens with two attached hydrogens (primary N) is 2. The van der Waals surface area contributed by atoms with Gasteiger partial charge < -0.3 is 16.2 Å². The van der Waals surface area contributed by atoms with Gasteiger partial charge in [-0.25, -0.2) is 17.2 Å². The van der Waals surface area contributed by atoms with Gasteiger partial charge >= 0.3 is 0 Å². The summed E-state index contributed by atoms with van der Waals surface area (Å²) in [5.74, 6) is -1.88. The van der Waals surface area contributed by atoms with Gasteiger partial charge in [0.15, 0.2) is 0 Å². The second kappa shape index (κ2) is 7.38. The summed E-state index contributed by atoms with van der Waals surface area (Å²) in [6.07, 6.45) is 1.79. The van der Waals surface area contributed by atoms with Crippen molar-refractivity contribution in [1.82, 2.24) is 14.1 Å². The van der Waals surface area contributed by atoms with Crippen LogP contribution in [-0.4, -0.2) is 53.4 Å². The molecule has 1 fully saturated rings. The Hall–Kier alpha value is -2.41. The SMILES string of the molecule is CS(=O)(=O)n1ncc2c1CN([C@H]1CO[C@H](c3cc(F)ccc3F)[C@@H](N)C1)[C@@H]2C(N)=O. The second-order valence-corrected chi connectivity index (χ2v) is 9.41. The van der Waals surface area contributed by atoms with Gasteiger partial charge in [-0.3, -0.25) is 9.69 Å². The lowest BCUT2D eigenvalue weighted by Gasteiger charge is -2.40. The molecule has 2 aromatic rings. The number of rotatable bonds is 4. The van der Waals surface area contributed by atoms with Crippen LogP contribution in [0.1, 0.15) is 35.4 Å². The lowest BCUT2D eigenvalue weighted by Crippen LogP contribution is -2.50. The standard InChI is InChI=1S/C18H21F2N5O4S/c1-30(27,28)25-15-7-24(16(18(22)26)12(15)6-23-25)10-5-14(21)17(29-8-10)11-4-9(19)2-3-13(11)20/h2-4,6,10,14,16-17H,5,7-8,21H2,1H3,(H2,22,26)/t10-,14+,16+,17-/m1/s1. The van der Waals surface area contributed by atoms with Gasteiger partial charge in [-0.2, -0.15) is 9.19 Å². The van der Waals surface area contributed by atoms with Crippen LogP contribution >= 0.6 is 0 Å². The zero-order valence-corrected chi connectivity index (χ0v) is 16.9. The fourth-order valence-electron chi connectivity index (χ4n) is 4.26. The molecule has 9 nitrogen and oxygen atoms in total. The van der Waals surface area contributed by atoms with E-state index in [1.165, 1.54) is 6.20 Å². The molecule has 12 heteroatoms. The topological polar surface area (TPSA) is 134 Å². The first kappa shape index (κ1) is 20.8. The maximum Gasteiger partial charge on any atom is 0.251 e. The number of nitrogens with zero attached hydrogens (tertiary/aromatic N) is 3. The van der Waals surface area contributed by atoms with Gasteiger partial charge in [-0.1, -0.05) is 0 Å². The summed E-state index contributed by atoms with van der Waals surface area (Å²) in [7, 11) is -3.66. The summed E-state index contributed by atoms with van der Waals surface area (Å²) in [5, 5.41) is 3.87. The van der Waals surface area contributed by atoms with Gasteiger partial charge in [0, 0.05) is 29.8 Å². The van der Waals surface area contributed by atoms with Crippen molar-refractivity contribution < 1.29 is 26.7 Å². The summed E-state index contributed by atoms with van der Waals surface area (Å²) in [4.78, 5) is 13.9. The maximum atomic E-state index is 14.1. The fourth-order valence-corrected chi connectivity index (χ4v) is 5.04. The monoisotopic (exact) mass is 441 g/mol. The van der Waals surface area contributed by atoms with Crippen LogP contribution in [0.25, 0.3) is 0 Å². The average molecular weight is 441 g/mol. The minimum absolute atomic E-state index is 0.0322. The predicted molar refractivity (Wildman–Crippen MR) is 101 cm³/mol. The van der Waals surface area contributed by atoms with Crippen molar-refractivity contribution in [3.8, 4) is 0 Å². The number of ether oxygens (including phenoxy) is 1. The highest BCUT2D eigenvalue weighted by molar-refractivity contribution is 7.89. The molecule has 0 spiro atoms. The molecular weight excluding hydrogens is 420 g/mol. The number of benzene rings is 1. The number of halogens is 2. The lowest BCUT2D eigenvalue weighted by molar-refractivity contribution is -0.127. The number of hydrogen-bond donors (Lipinski definition) is 2. The highest BCUT2D eigenvalue weighted by atomic mass is 32.2. The van der Waals surface area contributed by atoms with E-state index in [1.807, 2.05) is 0 Å². The van der Waals surface area contributed by atoms with E-state index >= 15 is 0 Å². The molecule has 1 aromatic carbocycles. The Bertz CT molecular complexity index is 1110. The van der Waals surface area contributed by atoms with Crippen molar-refractivity contribution in [3.63, 3.8) is 0 Å². The number of fused-ring (bicyclic) bond motifs is 1. The van der Waals surface area contributed by atoms with E-state index in [0.29, 0.717) is 17.7 Å². The molecule has 0 bridgehead atoms. The number of carbonyl (C=O) groups is 1. The van der Waals surface area contributed by atoms with E-state index in [4.69, 9.17) is 16.2 Å². The van der Waals surface area contributed by atoms with Crippen LogP contribution in [0.3, 0.4) is 0 Å². The van der Waals surface area contributed by atoms with Crippen LogP contribution < -0.4 is 11.5 Å². The summed E-state index contributed by atoms with van der Waals surface area (Å²) in [6, 6.07) is 1.14. The Kier molecular flexibility index (Phi) is 5.12. The highest BCUT2D eigenvalue weighted by Gasteiger charge is 2.44. The Morgan fingerprint density at radius 2 is 2.03 bits per heavy atom. The summed E-state index contributed by atoms with van der Waals surface area (Å²) in [6.45, 7) is 0.185. The van der Waals surface area contributed by atoms with Gasteiger partial charge in [0.2, 0.25) is 5.91 Å². The molecule has 0 aliphatic carbocycles. The minimum atomic E-state index is -3.66. The zero-order chi connectivity index (χ0) is 21.8. The Labute approximate surface area is 171 Å². The smallest absolute Gasteiger partial charge is 0.251 e. The van der Waals surface area contributed by atoms with Crippen molar-refractivity contribution in [2.75, 3.05) is 12.9 Å². The molecule has 1 amide bonds. The van der Waals surface area contributed by atoms with Gasteiger partial charge in [0.1, 0.15) is 23.8 Å². The van der Waals surface area contributed by atoms with E-state index in [9.17, 15) is 22.0 Å². The van der Waals surface area contributed by atoms with Crippen LogP contribution in [-0.2, 0) is 26.1 Å². The van der Waals surface area contributed by atoms with Gasteiger partial charge in [-0.15, -0.1) is 0 Å². The van der Waals surface area contributed by atoms with Gasteiger partial charge in [0.05, 0.1) is 24.8 Å². The second-order valence-electron chi connectivity index (χ2n) is 7.60. The van der Waals surface area contributed by atoms with Crippen LogP contribution in [0.4, 0.5) is 8.78 Å². The van der Waals surface area contributed by atoms with E-state index in [-0.39, 0.29) is 24.8 Å². The molecule has 1 saturated heterocycles. The van der Waals surface area contributed by atoms with Crippen molar-refractivity contribution >= 4 is 15.9 Å². The Morgan fingerprint density at radius 1 is 1.30 bits per heavy atom. The molecule has 0 saturated carbocycles. The van der Waals surface area contributed by atoms with Crippen molar-refractivity contribution in [2.24, 2.45) is 11.5 Å². The lowest BCUT2D eigenvalue weighted by atomic mass is 9.92. The number of aromatic nitrogens is 2. The normalized spacial score (nSPS) is 27.2. The van der Waals surface area contributed by atoms with Crippen molar-refractivity contribution in [1.29, 1.82) is 0 Å². The molecule has 2 aliphatic heterocycles. The molecule has 4 N–H and O–H groups in total. The molecule has 162 valence electrons. The molecule has 30 heavy (non-hydrogen) atoms. The summed E-state index contributed by atoms with van der Waals surface area (Å²) >= 11 is 0. The van der Waals surface area contributed by atoms with Crippen LogP contribution in [0, 0.1) is 11.6 Å². The molecule has 3 heterocycles. The third-order valence-electron chi connectivity index (χ3n) is 5.54. The minimum Gasteiger partial charge on any atom is -0.370 e. The number of primary amides is 1. The molecule has 2 aliphatic rings. The Balaban J connectivity index is 1.59. The van der Waals surface area contributed by atoms with Crippen molar-refractivity contribution in [2.45, 2.75) is 37.2 Å². The van der Waals surface area contributed by atoms with Gasteiger partial charge in [-0.05, 0) is 24.6 Å². The fraction of sp³-hybridized carbons (Fsp3) is 0.444. The number of hydrogen-bond acceptors (Lipinski definition) is 7. The first-order chi connectivity index (χ1) is 14.1. The molecule has 1 aromatic heterocycles. The predicted octanol–water partition coefficient (Wildman–Crippen LogP) is 0.169. The third kappa shape index (κ3) is 3.49. The quantitative estimate of drug-likeness (QED) is 0.691.